The Balaban J connectivity index is 2.54. The van der Waals surface area contributed by atoms with E-state index in [-0.39, 0.29) is 11.9 Å². The largest absolute Gasteiger partial charge is 0.342 e. The van der Waals surface area contributed by atoms with Crippen LogP contribution in [0.25, 0.3) is 0 Å². The Bertz CT molecular complexity index is 311. The van der Waals surface area contributed by atoms with E-state index in [0.29, 0.717) is 12.1 Å². The molecular formula is C11H17N3O. The Morgan fingerprint density at radius 2 is 2.13 bits per heavy atom. The average molecular weight is 207 g/mol. The molecule has 0 saturated heterocycles. The number of pyridine rings is 1. The summed E-state index contributed by atoms with van der Waals surface area (Å²) in [5, 5.41) is 0. The Kier molecular flexibility index (Phi) is 4.24. The Morgan fingerprint density at radius 1 is 1.53 bits per heavy atom. The van der Waals surface area contributed by atoms with Crippen molar-refractivity contribution in [3.63, 3.8) is 0 Å². The second-order valence-corrected chi connectivity index (χ2v) is 3.73. The van der Waals surface area contributed by atoms with Crippen LogP contribution in [0.4, 0.5) is 0 Å². The molecule has 0 fully saturated rings. The normalized spacial score (nSPS) is 12.2. The molecule has 0 spiro atoms. The maximum absolute atomic E-state index is 11.8. The second-order valence-electron chi connectivity index (χ2n) is 3.73. The van der Waals surface area contributed by atoms with E-state index in [4.69, 9.17) is 5.73 Å². The molecule has 0 aliphatic heterocycles. The van der Waals surface area contributed by atoms with Crippen LogP contribution < -0.4 is 5.73 Å². The van der Waals surface area contributed by atoms with Gasteiger partial charge in [-0.3, -0.25) is 9.78 Å². The summed E-state index contributed by atoms with van der Waals surface area (Å²) >= 11 is 0. The molecule has 0 aromatic carbocycles. The van der Waals surface area contributed by atoms with Gasteiger partial charge in [0.25, 0.3) is 5.91 Å². The summed E-state index contributed by atoms with van der Waals surface area (Å²) in [6, 6.07) is 3.55. The summed E-state index contributed by atoms with van der Waals surface area (Å²) in [6.45, 7) is 2.61. The quantitative estimate of drug-likeness (QED) is 0.797. The van der Waals surface area contributed by atoms with Gasteiger partial charge in [-0.1, -0.05) is 0 Å². The van der Waals surface area contributed by atoms with Crippen molar-refractivity contribution in [2.75, 3.05) is 13.6 Å². The van der Waals surface area contributed by atoms with E-state index in [0.717, 1.165) is 6.42 Å². The molecule has 0 aliphatic carbocycles. The first-order chi connectivity index (χ1) is 7.11. The van der Waals surface area contributed by atoms with Crippen LogP contribution in [0.1, 0.15) is 23.7 Å². The molecule has 0 radical (unpaired) electrons. The topological polar surface area (TPSA) is 59.2 Å². The predicted octanol–water partition coefficient (Wildman–Crippen LogP) is 0.891. The maximum atomic E-state index is 11.8. The molecule has 1 aromatic heterocycles. The van der Waals surface area contributed by atoms with Gasteiger partial charge in [-0.05, 0) is 25.5 Å². The predicted molar refractivity (Wildman–Crippen MR) is 59.5 cm³/mol. The zero-order valence-corrected chi connectivity index (χ0v) is 9.18. The van der Waals surface area contributed by atoms with Crippen molar-refractivity contribution in [1.82, 2.24) is 9.88 Å². The first-order valence-electron chi connectivity index (χ1n) is 5.02. The minimum Gasteiger partial charge on any atom is -0.342 e. The van der Waals surface area contributed by atoms with Gasteiger partial charge >= 0.3 is 0 Å². The highest BCUT2D eigenvalue weighted by Gasteiger charge is 2.10. The molecule has 4 nitrogen and oxygen atoms in total. The Hall–Kier alpha value is -1.42. The minimum absolute atomic E-state index is 0.0121. The van der Waals surface area contributed by atoms with Crippen LogP contribution in [0.2, 0.25) is 0 Å². The van der Waals surface area contributed by atoms with Crippen LogP contribution in [-0.4, -0.2) is 35.4 Å². The minimum atomic E-state index is 0.0121. The third kappa shape index (κ3) is 3.67. The van der Waals surface area contributed by atoms with E-state index in [9.17, 15) is 4.79 Å². The highest BCUT2D eigenvalue weighted by Crippen LogP contribution is 2.02. The van der Waals surface area contributed by atoms with Crippen molar-refractivity contribution in [3.8, 4) is 0 Å². The fourth-order valence-electron chi connectivity index (χ4n) is 1.21. The van der Waals surface area contributed by atoms with Gasteiger partial charge in [-0.15, -0.1) is 0 Å². The molecule has 0 saturated carbocycles. The number of hydrogen-bond donors (Lipinski definition) is 1. The summed E-state index contributed by atoms with van der Waals surface area (Å²) in [6.07, 6.45) is 4.05. The van der Waals surface area contributed by atoms with Crippen molar-refractivity contribution in [1.29, 1.82) is 0 Å². The molecule has 1 unspecified atom stereocenters. The van der Waals surface area contributed by atoms with Crippen LogP contribution >= 0.6 is 0 Å². The van der Waals surface area contributed by atoms with Crippen molar-refractivity contribution in [2.24, 2.45) is 5.73 Å². The second kappa shape index (κ2) is 5.46. The molecule has 1 heterocycles. The summed E-state index contributed by atoms with van der Waals surface area (Å²) < 4.78 is 0. The molecule has 15 heavy (non-hydrogen) atoms. The van der Waals surface area contributed by atoms with E-state index < -0.39 is 0 Å². The van der Waals surface area contributed by atoms with Crippen molar-refractivity contribution in [2.45, 2.75) is 19.4 Å². The van der Waals surface area contributed by atoms with Gasteiger partial charge in [0, 0.05) is 37.6 Å². The van der Waals surface area contributed by atoms with Gasteiger partial charge in [0.05, 0.1) is 0 Å². The lowest BCUT2D eigenvalue weighted by Crippen LogP contribution is -2.31. The molecule has 82 valence electrons. The third-order valence-electron chi connectivity index (χ3n) is 2.19. The molecule has 1 atom stereocenters. The summed E-state index contributed by atoms with van der Waals surface area (Å²) in [5.74, 6) is 0.0121. The van der Waals surface area contributed by atoms with Crippen molar-refractivity contribution in [3.05, 3.63) is 30.1 Å². The molecule has 1 rings (SSSR count). The first kappa shape index (κ1) is 11.7. The Morgan fingerprint density at radius 3 is 2.67 bits per heavy atom. The van der Waals surface area contributed by atoms with E-state index in [1.165, 1.54) is 0 Å². The van der Waals surface area contributed by atoms with E-state index >= 15 is 0 Å². The van der Waals surface area contributed by atoms with E-state index in [1.807, 2.05) is 6.92 Å². The van der Waals surface area contributed by atoms with Crippen LogP contribution in [0, 0.1) is 0 Å². The lowest BCUT2D eigenvalue weighted by molar-refractivity contribution is 0.0791. The van der Waals surface area contributed by atoms with Crippen LogP contribution in [-0.2, 0) is 0 Å². The maximum Gasteiger partial charge on any atom is 0.253 e. The number of aromatic nitrogens is 1. The lowest BCUT2D eigenvalue weighted by atomic mass is 10.2. The van der Waals surface area contributed by atoms with Gasteiger partial charge in [0.15, 0.2) is 0 Å². The zero-order valence-electron chi connectivity index (χ0n) is 9.18. The summed E-state index contributed by atoms with van der Waals surface area (Å²) in [4.78, 5) is 17.4. The van der Waals surface area contributed by atoms with Gasteiger partial charge < -0.3 is 10.6 Å². The molecule has 1 aromatic rings. The van der Waals surface area contributed by atoms with Gasteiger partial charge in [0.2, 0.25) is 0 Å². The third-order valence-corrected chi connectivity index (χ3v) is 2.19. The number of carbonyl (C=O) groups is 1. The monoisotopic (exact) mass is 207 g/mol. The summed E-state index contributed by atoms with van der Waals surface area (Å²) in [7, 11) is 1.78. The highest BCUT2D eigenvalue weighted by atomic mass is 16.2. The number of nitrogens with two attached hydrogens (primary N) is 1. The number of nitrogens with zero attached hydrogens (tertiary/aromatic N) is 2. The Labute approximate surface area is 90.1 Å². The van der Waals surface area contributed by atoms with Crippen LogP contribution in [0.15, 0.2) is 24.5 Å². The molecular weight excluding hydrogens is 190 g/mol. The summed E-state index contributed by atoms with van der Waals surface area (Å²) in [5.41, 5.74) is 6.30. The van der Waals surface area contributed by atoms with Gasteiger partial charge in [-0.25, -0.2) is 0 Å². The molecule has 2 N–H and O–H groups in total. The van der Waals surface area contributed by atoms with E-state index in [2.05, 4.69) is 4.98 Å². The number of amides is 1. The molecule has 0 bridgehead atoms. The fraction of sp³-hybridized carbons (Fsp3) is 0.455. The van der Waals surface area contributed by atoms with Gasteiger partial charge in [0.1, 0.15) is 0 Å². The van der Waals surface area contributed by atoms with Crippen LogP contribution in [0.3, 0.4) is 0 Å². The molecule has 4 heteroatoms. The fourth-order valence-corrected chi connectivity index (χ4v) is 1.21. The van der Waals surface area contributed by atoms with Gasteiger partial charge in [-0.2, -0.15) is 0 Å². The highest BCUT2D eigenvalue weighted by molar-refractivity contribution is 5.93. The SMILES string of the molecule is CC(N)CCN(C)C(=O)c1ccncc1. The lowest BCUT2D eigenvalue weighted by Gasteiger charge is -2.18. The van der Waals surface area contributed by atoms with Crippen LogP contribution in [0.5, 0.6) is 0 Å². The molecule has 1 amide bonds. The van der Waals surface area contributed by atoms with E-state index in [1.54, 1.807) is 36.5 Å². The smallest absolute Gasteiger partial charge is 0.253 e. The van der Waals surface area contributed by atoms with Crippen molar-refractivity contribution >= 4 is 5.91 Å². The van der Waals surface area contributed by atoms with Crippen molar-refractivity contribution < 1.29 is 4.79 Å². The number of hydrogen-bond acceptors (Lipinski definition) is 3. The first-order valence-corrected chi connectivity index (χ1v) is 5.02. The zero-order chi connectivity index (χ0) is 11.3. The number of rotatable bonds is 4. The number of carbonyl (C=O) groups excluding carboxylic acids is 1. The average Bonchev–Trinajstić information content (AvgIpc) is 2.26. The molecule has 0 aliphatic rings. The standard InChI is InChI=1S/C11H17N3O/c1-9(12)5-8-14(2)11(15)10-3-6-13-7-4-10/h3-4,6-7,9H,5,8,12H2,1-2H3.